The standard InChI is InChI=1S/C16H14F3N5O4/c17-16(18,19)10-1-3-12(13(9-10)24(27)28)22-5-7-23(8-6-22)15(26)11-2-4-14(25)21-20-11/h1-4,9H,5-8H2,(H,21,25). The smallest absolute Gasteiger partial charge is 0.362 e. The van der Waals surface area contributed by atoms with Crippen LogP contribution in [0.3, 0.4) is 0 Å². The van der Waals surface area contributed by atoms with Gasteiger partial charge in [-0.25, -0.2) is 5.10 Å². The van der Waals surface area contributed by atoms with Crippen LogP contribution in [-0.2, 0) is 6.18 Å². The molecule has 9 nitrogen and oxygen atoms in total. The molecule has 148 valence electrons. The number of benzene rings is 1. The van der Waals surface area contributed by atoms with Gasteiger partial charge in [0.15, 0.2) is 0 Å². The first-order chi connectivity index (χ1) is 13.2. The Hall–Kier alpha value is -3.44. The summed E-state index contributed by atoms with van der Waals surface area (Å²) < 4.78 is 38.5. The van der Waals surface area contributed by atoms with Crippen LogP contribution in [0.4, 0.5) is 24.5 Å². The lowest BCUT2D eigenvalue weighted by Gasteiger charge is -2.35. The van der Waals surface area contributed by atoms with Gasteiger partial charge in [-0.2, -0.15) is 18.3 Å². The molecule has 0 saturated carbocycles. The molecular weight excluding hydrogens is 383 g/mol. The number of hydrogen-bond donors (Lipinski definition) is 1. The molecule has 0 bridgehead atoms. The van der Waals surface area contributed by atoms with Crippen LogP contribution in [0.15, 0.2) is 35.1 Å². The van der Waals surface area contributed by atoms with Crippen LogP contribution in [-0.4, -0.2) is 52.1 Å². The number of halogens is 3. The molecule has 1 aromatic heterocycles. The second kappa shape index (κ2) is 7.29. The maximum Gasteiger partial charge on any atom is 0.416 e. The van der Waals surface area contributed by atoms with Gasteiger partial charge in [0.05, 0.1) is 10.5 Å². The molecule has 1 N–H and O–H groups in total. The Balaban J connectivity index is 1.76. The van der Waals surface area contributed by atoms with E-state index in [-0.39, 0.29) is 37.6 Å². The van der Waals surface area contributed by atoms with Crippen LogP contribution >= 0.6 is 0 Å². The summed E-state index contributed by atoms with van der Waals surface area (Å²) in [5.74, 6) is -0.419. The number of aromatic amines is 1. The van der Waals surface area contributed by atoms with E-state index in [9.17, 15) is 32.9 Å². The lowest BCUT2D eigenvalue weighted by molar-refractivity contribution is -0.384. The molecule has 12 heteroatoms. The number of nitrogens with zero attached hydrogens (tertiary/aromatic N) is 4. The van der Waals surface area contributed by atoms with Gasteiger partial charge in [-0.05, 0) is 18.2 Å². The van der Waals surface area contributed by atoms with Crippen molar-refractivity contribution in [1.82, 2.24) is 15.1 Å². The molecule has 3 rings (SSSR count). The molecule has 2 aromatic rings. The fourth-order valence-corrected chi connectivity index (χ4v) is 2.89. The molecule has 0 spiro atoms. The highest BCUT2D eigenvalue weighted by Crippen LogP contribution is 2.36. The van der Waals surface area contributed by atoms with Gasteiger partial charge in [0.1, 0.15) is 11.4 Å². The minimum absolute atomic E-state index is 0.0496. The number of aromatic nitrogens is 2. The molecule has 1 aromatic carbocycles. The summed E-state index contributed by atoms with van der Waals surface area (Å²) >= 11 is 0. The average Bonchev–Trinajstić information content (AvgIpc) is 2.67. The number of carbonyl (C=O) groups is 1. The summed E-state index contributed by atoms with van der Waals surface area (Å²) in [5, 5.41) is 17.1. The second-order valence-electron chi connectivity index (χ2n) is 6.04. The molecular formula is C16H14F3N5O4. The first kappa shape index (κ1) is 19.3. The third-order valence-corrected chi connectivity index (χ3v) is 4.31. The normalized spacial score (nSPS) is 14.8. The van der Waals surface area contributed by atoms with E-state index in [4.69, 9.17) is 0 Å². The highest BCUT2D eigenvalue weighted by molar-refractivity contribution is 5.92. The number of alkyl halides is 3. The summed E-state index contributed by atoms with van der Waals surface area (Å²) in [4.78, 5) is 36.8. The summed E-state index contributed by atoms with van der Waals surface area (Å²) in [5.41, 5.74) is -2.07. The van der Waals surface area contributed by atoms with Crippen molar-refractivity contribution >= 4 is 17.3 Å². The number of nitro groups is 1. The molecule has 1 fully saturated rings. The van der Waals surface area contributed by atoms with Gasteiger partial charge >= 0.3 is 6.18 Å². The maximum atomic E-state index is 12.8. The SMILES string of the molecule is O=C(c1ccc(=O)[nH]n1)N1CCN(c2ccc(C(F)(F)F)cc2[N+](=O)[O-])CC1. The summed E-state index contributed by atoms with van der Waals surface area (Å²) in [6.07, 6.45) is -4.68. The number of piperazine rings is 1. The van der Waals surface area contributed by atoms with Crippen molar-refractivity contribution in [3.05, 3.63) is 62.1 Å². The van der Waals surface area contributed by atoms with Crippen LogP contribution in [0, 0.1) is 10.1 Å². The fraction of sp³-hybridized carbons (Fsp3) is 0.312. The van der Waals surface area contributed by atoms with Gasteiger partial charge in [0, 0.05) is 38.3 Å². The number of anilines is 1. The summed E-state index contributed by atoms with van der Waals surface area (Å²) in [6.45, 7) is 0.776. The molecule has 0 aliphatic carbocycles. The third-order valence-electron chi connectivity index (χ3n) is 4.31. The van der Waals surface area contributed by atoms with Crippen molar-refractivity contribution in [3.8, 4) is 0 Å². The lowest BCUT2D eigenvalue weighted by atomic mass is 10.1. The Morgan fingerprint density at radius 1 is 1.14 bits per heavy atom. The number of rotatable bonds is 3. The second-order valence-corrected chi connectivity index (χ2v) is 6.04. The van der Waals surface area contributed by atoms with E-state index < -0.39 is 33.8 Å². The van der Waals surface area contributed by atoms with Crippen LogP contribution in [0.1, 0.15) is 16.1 Å². The van der Waals surface area contributed by atoms with Crippen molar-refractivity contribution in [2.24, 2.45) is 0 Å². The minimum Gasteiger partial charge on any atom is -0.362 e. The minimum atomic E-state index is -4.68. The highest BCUT2D eigenvalue weighted by Gasteiger charge is 2.34. The van der Waals surface area contributed by atoms with Crippen LogP contribution in [0.5, 0.6) is 0 Å². The van der Waals surface area contributed by atoms with Crippen molar-refractivity contribution in [3.63, 3.8) is 0 Å². The number of carbonyl (C=O) groups excluding carboxylic acids is 1. The Labute approximate surface area is 155 Å². The molecule has 1 aliphatic rings. The largest absolute Gasteiger partial charge is 0.416 e. The van der Waals surface area contributed by atoms with Crippen LogP contribution in [0.25, 0.3) is 0 Å². The van der Waals surface area contributed by atoms with Gasteiger partial charge in [-0.15, -0.1) is 0 Å². The molecule has 1 saturated heterocycles. The van der Waals surface area contributed by atoms with E-state index >= 15 is 0 Å². The quantitative estimate of drug-likeness (QED) is 0.623. The topological polar surface area (TPSA) is 112 Å². The van der Waals surface area contributed by atoms with E-state index in [1.165, 1.54) is 17.0 Å². The number of nitro benzene ring substituents is 1. The molecule has 0 unspecified atom stereocenters. The lowest BCUT2D eigenvalue weighted by Crippen LogP contribution is -2.49. The summed E-state index contributed by atoms with van der Waals surface area (Å²) in [7, 11) is 0. The number of amides is 1. The Morgan fingerprint density at radius 3 is 2.36 bits per heavy atom. The van der Waals surface area contributed by atoms with Gasteiger partial charge in [-0.1, -0.05) is 0 Å². The number of H-pyrrole nitrogens is 1. The molecule has 1 amide bonds. The monoisotopic (exact) mass is 397 g/mol. The number of nitrogens with one attached hydrogen (secondary N) is 1. The molecule has 2 heterocycles. The third kappa shape index (κ3) is 3.94. The first-order valence-corrected chi connectivity index (χ1v) is 8.12. The Kier molecular flexibility index (Phi) is 5.03. The van der Waals surface area contributed by atoms with Gasteiger partial charge in [0.2, 0.25) is 0 Å². The first-order valence-electron chi connectivity index (χ1n) is 8.12. The zero-order chi connectivity index (χ0) is 20.5. The highest BCUT2D eigenvalue weighted by atomic mass is 19.4. The maximum absolute atomic E-state index is 12.8. The van der Waals surface area contributed by atoms with E-state index in [1.807, 2.05) is 0 Å². The zero-order valence-electron chi connectivity index (χ0n) is 14.3. The number of hydrogen-bond acceptors (Lipinski definition) is 6. The van der Waals surface area contributed by atoms with Crippen molar-refractivity contribution < 1.29 is 22.9 Å². The van der Waals surface area contributed by atoms with Crippen molar-refractivity contribution in [1.29, 1.82) is 0 Å². The van der Waals surface area contributed by atoms with Crippen molar-refractivity contribution in [2.45, 2.75) is 6.18 Å². The average molecular weight is 397 g/mol. The molecule has 0 atom stereocenters. The summed E-state index contributed by atoms with van der Waals surface area (Å²) in [6, 6.07) is 4.83. The Morgan fingerprint density at radius 2 is 1.82 bits per heavy atom. The van der Waals surface area contributed by atoms with Gasteiger partial charge < -0.3 is 9.80 Å². The van der Waals surface area contributed by atoms with E-state index in [2.05, 4.69) is 10.2 Å². The van der Waals surface area contributed by atoms with E-state index in [1.54, 1.807) is 4.90 Å². The Bertz CT molecular complexity index is 947. The van der Waals surface area contributed by atoms with E-state index in [0.717, 1.165) is 12.1 Å². The predicted octanol–water partition coefficient (Wildman–Crippen LogP) is 1.66. The fourth-order valence-electron chi connectivity index (χ4n) is 2.89. The van der Waals surface area contributed by atoms with E-state index in [0.29, 0.717) is 6.07 Å². The molecule has 0 radical (unpaired) electrons. The zero-order valence-corrected chi connectivity index (χ0v) is 14.3. The predicted molar refractivity (Wildman–Crippen MR) is 91.1 cm³/mol. The van der Waals surface area contributed by atoms with Crippen molar-refractivity contribution in [2.75, 3.05) is 31.1 Å². The molecule has 28 heavy (non-hydrogen) atoms. The molecule has 1 aliphatic heterocycles. The van der Waals surface area contributed by atoms with Gasteiger partial charge in [-0.3, -0.25) is 19.7 Å². The van der Waals surface area contributed by atoms with Crippen LogP contribution in [0.2, 0.25) is 0 Å². The van der Waals surface area contributed by atoms with Crippen LogP contribution < -0.4 is 10.5 Å². The van der Waals surface area contributed by atoms with Gasteiger partial charge in [0.25, 0.3) is 17.2 Å².